The predicted molar refractivity (Wildman–Crippen MR) is 69.9 cm³/mol. The van der Waals surface area contributed by atoms with Gasteiger partial charge in [0.25, 0.3) is 0 Å². The molecular formula is C13H25N3O2. The highest BCUT2D eigenvalue weighted by Gasteiger charge is 2.31. The number of nitrogens with zero attached hydrogens (tertiary/aromatic N) is 2. The summed E-state index contributed by atoms with van der Waals surface area (Å²) in [6.45, 7) is 10.4. The molecule has 0 fully saturated rings. The van der Waals surface area contributed by atoms with Crippen LogP contribution in [-0.4, -0.2) is 17.3 Å². The highest BCUT2D eigenvalue weighted by molar-refractivity contribution is 4.99. The minimum atomic E-state index is -0.214. The van der Waals surface area contributed by atoms with E-state index in [1.54, 1.807) is 7.11 Å². The zero-order valence-electron chi connectivity index (χ0n) is 12.2. The van der Waals surface area contributed by atoms with Crippen LogP contribution < -0.4 is 5.73 Å². The maximum atomic E-state index is 6.08. The third kappa shape index (κ3) is 3.29. The maximum Gasteiger partial charge on any atom is 0.243 e. The molecule has 0 aliphatic heterocycles. The highest BCUT2D eigenvalue weighted by Crippen LogP contribution is 2.34. The lowest BCUT2D eigenvalue weighted by atomic mass is 9.88. The van der Waals surface area contributed by atoms with Crippen LogP contribution in [0.5, 0.6) is 0 Å². The Morgan fingerprint density at radius 3 is 2.44 bits per heavy atom. The summed E-state index contributed by atoms with van der Waals surface area (Å²) in [5, 5.41) is 4.00. The molecule has 0 aliphatic rings. The van der Waals surface area contributed by atoms with E-state index < -0.39 is 0 Å². The van der Waals surface area contributed by atoms with Crippen LogP contribution in [0.4, 0.5) is 0 Å². The molecule has 5 heteroatoms. The fourth-order valence-corrected chi connectivity index (χ4v) is 1.83. The van der Waals surface area contributed by atoms with Gasteiger partial charge in [-0.3, -0.25) is 0 Å². The number of rotatable bonds is 5. The molecule has 3 atom stereocenters. The van der Waals surface area contributed by atoms with Gasteiger partial charge in [-0.15, -0.1) is 0 Å². The molecule has 2 N–H and O–H groups in total. The molecule has 5 nitrogen and oxygen atoms in total. The molecular weight excluding hydrogens is 230 g/mol. The standard InChI is InChI=1S/C13H25N3O2/c1-7-8(2)9(14)12-15-11(16-18-12)10(17-6)13(3,4)5/h8-10H,7,14H2,1-6H3/t8-,9-,10?/m0/s1. The number of methoxy groups -OCH3 is 1. The first-order chi connectivity index (χ1) is 8.31. The van der Waals surface area contributed by atoms with Crippen LogP contribution in [-0.2, 0) is 4.74 Å². The molecule has 0 amide bonds. The first-order valence-corrected chi connectivity index (χ1v) is 6.43. The molecule has 0 aliphatic carbocycles. The van der Waals surface area contributed by atoms with E-state index in [0.717, 1.165) is 6.42 Å². The smallest absolute Gasteiger partial charge is 0.243 e. The molecule has 0 saturated heterocycles. The van der Waals surface area contributed by atoms with Crippen LogP contribution in [0.15, 0.2) is 4.52 Å². The van der Waals surface area contributed by atoms with E-state index in [1.807, 2.05) is 0 Å². The van der Waals surface area contributed by atoms with Crippen LogP contribution >= 0.6 is 0 Å². The minimum Gasteiger partial charge on any atom is -0.373 e. The van der Waals surface area contributed by atoms with Crippen molar-refractivity contribution in [2.75, 3.05) is 7.11 Å². The molecule has 104 valence electrons. The lowest BCUT2D eigenvalue weighted by Gasteiger charge is -2.26. The van der Waals surface area contributed by atoms with E-state index >= 15 is 0 Å². The Bertz CT molecular complexity index is 371. The quantitative estimate of drug-likeness (QED) is 0.875. The van der Waals surface area contributed by atoms with Crippen molar-refractivity contribution >= 4 is 0 Å². The maximum absolute atomic E-state index is 6.08. The average Bonchev–Trinajstić information content (AvgIpc) is 2.75. The summed E-state index contributed by atoms with van der Waals surface area (Å²) in [5.41, 5.74) is 5.99. The van der Waals surface area contributed by atoms with E-state index in [-0.39, 0.29) is 17.6 Å². The van der Waals surface area contributed by atoms with Gasteiger partial charge in [-0.2, -0.15) is 4.98 Å². The largest absolute Gasteiger partial charge is 0.373 e. The lowest BCUT2D eigenvalue weighted by molar-refractivity contribution is 0.00718. The molecule has 1 aromatic heterocycles. The Labute approximate surface area is 109 Å². The second kappa shape index (κ2) is 5.80. The lowest BCUT2D eigenvalue weighted by Crippen LogP contribution is -2.22. The summed E-state index contributed by atoms with van der Waals surface area (Å²) in [6, 6.07) is -0.214. The van der Waals surface area contributed by atoms with Gasteiger partial charge in [-0.05, 0) is 11.3 Å². The van der Waals surface area contributed by atoms with Crippen molar-refractivity contribution < 1.29 is 9.26 Å². The van der Waals surface area contributed by atoms with Crippen molar-refractivity contribution in [1.29, 1.82) is 0 Å². The van der Waals surface area contributed by atoms with Crippen molar-refractivity contribution in [2.24, 2.45) is 17.1 Å². The van der Waals surface area contributed by atoms with Crippen LogP contribution in [0.3, 0.4) is 0 Å². The Morgan fingerprint density at radius 1 is 1.39 bits per heavy atom. The van der Waals surface area contributed by atoms with Gasteiger partial charge in [0.05, 0.1) is 6.04 Å². The first-order valence-electron chi connectivity index (χ1n) is 6.43. The van der Waals surface area contributed by atoms with Gasteiger partial charge >= 0.3 is 0 Å². The van der Waals surface area contributed by atoms with E-state index in [2.05, 4.69) is 44.8 Å². The van der Waals surface area contributed by atoms with Gasteiger partial charge in [-0.25, -0.2) is 0 Å². The van der Waals surface area contributed by atoms with E-state index in [4.69, 9.17) is 15.0 Å². The molecule has 0 saturated carbocycles. The van der Waals surface area contributed by atoms with Crippen LogP contribution in [0.1, 0.15) is 64.9 Å². The molecule has 0 radical (unpaired) electrons. The van der Waals surface area contributed by atoms with Gasteiger partial charge in [-0.1, -0.05) is 46.2 Å². The highest BCUT2D eigenvalue weighted by atomic mass is 16.5. The van der Waals surface area contributed by atoms with E-state index in [9.17, 15) is 0 Å². The van der Waals surface area contributed by atoms with Crippen LogP contribution in [0, 0.1) is 11.3 Å². The fraction of sp³-hybridized carbons (Fsp3) is 0.846. The van der Waals surface area contributed by atoms with Crippen LogP contribution in [0.2, 0.25) is 0 Å². The van der Waals surface area contributed by atoms with Crippen LogP contribution in [0.25, 0.3) is 0 Å². The molecule has 1 heterocycles. The van der Waals surface area contributed by atoms with Crippen molar-refractivity contribution in [1.82, 2.24) is 10.1 Å². The summed E-state index contributed by atoms with van der Waals surface area (Å²) in [4.78, 5) is 4.39. The summed E-state index contributed by atoms with van der Waals surface area (Å²) in [7, 11) is 1.65. The monoisotopic (exact) mass is 255 g/mol. The van der Waals surface area contributed by atoms with Gasteiger partial charge in [0.1, 0.15) is 6.10 Å². The Kier molecular flexibility index (Phi) is 4.87. The zero-order chi connectivity index (χ0) is 13.9. The third-order valence-electron chi connectivity index (χ3n) is 3.26. The fourth-order valence-electron chi connectivity index (χ4n) is 1.83. The molecule has 0 spiro atoms. The Balaban J connectivity index is 2.92. The second-order valence-electron chi connectivity index (χ2n) is 5.88. The zero-order valence-corrected chi connectivity index (χ0v) is 12.2. The van der Waals surface area contributed by atoms with Gasteiger partial charge in [0, 0.05) is 7.11 Å². The van der Waals surface area contributed by atoms with Gasteiger partial charge < -0.3 is 15.0 Å². The van der Waals surface area contributed by atoms with E-state index in [1.165, 1.54) is 0 Å². The molecule has 0 bridgehead atoms. The van der Waals surface area contributed by atoms with Crippen molar-refractivity contribution in [2.45, 2.75) is 53.2 Å². The number of nitrogens with two attached hydrogens (primary N) is 1. The number of ether oxygens (including phenoxy) is 1. The Hall–Kier alpha value is -0.940. The molecule has 0 aromatic carbocycles. The second-order valence-corrected chi connectivity index (χ2v) is 5.88. The molecule has 18 heavy (non-hydrogen) atoms. The van der Waals surface area contributed by atoms with E-state index in [0.29, 0.717) is 17.6 Å². The summed E-state index contributed by atoms with van der Waals surface area (Å²) in [6.07, 6.45) is 0.783. The Morgan fingerprint density at radius 2 is 2.00 bits per heavy atom. The van der Waals surface area contributed by atoms with Crippen molar-refractivity contribution in [3.63, 3.8) is 0 Å². The third-order valence-corrected chi connectivity index (χ3v) is 3.26. The van der Waals surface area contributed by atoms with Crippen molar-refractivity contribution in [3.8, 4) is 0 Å². The van der Waals surface area contributed by atoms with Crippen molar-refractivity contribution in [3.05, 3.63) is 11.7 Å². The summed E-state index contributed by atoms with van der Waals surface area (Å²) in [5.74, 6) is 1.37. The van der Waals surface area contributed by atoms with Gasteiger partial charge in [0.15, 0.2) is 0 Å². The number of aromatic nitrogens is 2. The number of hydrogen-bond acceptors (Lipinski definition) is 5. The topological polar surface area (TPSA) is 74.2 Å². The SMILES string of the molecule is CC[C@H](C)[C@H](N)c1nc(C(OC)C(C)(C)C)no1. The minimum absolute atomic E-state index is 0.0869. The normalized spacial score (nSPS) is 17.5. The number of hydrogen-bond donors (Lipinski definition) is 1. The van der Waals surface area contributed by atoms with Gasteiger partial charge in [0.2, 0.25) is 11.7 Å². The molecule has 1 rings (SSSR count). The summed E-state index contributed by atoms with van der Waals surface area (Å²) >= 11 is 0. The summed E-state index contributed by atoms with van der Waals surface area (Å²) < 4.78 is 10.7. The first kappa shape index (κ1) is 15.1. The molecule has 1 unspecified atom stereocenters. The predicted octanol–water partition coefficient (Wildman–Crippen LogP) is 2.85. The average molecular weight is 255 g/mol. The molecule has 1 aromatic rings.